The van der Waals surface area contributed by atoms with Crippen LogP contribution < -0.4 is 20.3 Å². The van der Waals surface area contributed by atoms with Crippen LogP contribution in [0.1, 0.15) is 18.2 Å². The minimum Gasteiger partial charge on any atom is -0.488 e. The smallest absolute Gasteiger partial charge is 0.191 e. The molecule has 27 heavy (non-hydrogen) atoms. The number of para-hydroxylation sites is 1. The van der Waals surface area contributed by atoms with Crippen molar-refractivity contribution in [3.8, 4) is 5.75 Å². The predicted octanol–water partition coefficient (Wildman–Crippen LogP) is 2.82. The zero-order chi connectivity index (χ0) is 18.4. The number of pyridine rings is 1. The Hall–Kier alpha value is -2.03. The highest BCUT2D eigenvalue weighted by Gasteiger charge is 2.22. The molecule has 1 aliphatic rings. The van der Waals surface area contributed by atoms with E-state index < -0.39 is 0 Å². The average molecular weight is 481 g/mol. The first-order chi connectivity index (χ1) is 12.7. The van der Waals surface area contributed by atoms with E-state index in [1.54, 1.807) is 0 Å². The van der Waals surface area contributed by atoms with Crippen molar-refractivity contribution in [2.45, 2.75) is 26.0 Å². The highest BCUT2D eigenvalue weighted by Crippen LogP contribution is 2.27. The van der Waals surface area contributed by atoms with Crippen molar-refractivity contribution < 1.29 is 4.74 Å². The Bertz CT molecular complexity index is 741. The van der Waals surface area contributed by atoms with Gasteiger partial charge in [0, 0.05) is 27.1 Å². The summed E-state index contributed by atoms with van der Waals surface area (Å²) in [7, 11) is 3.97. The second-order valence-corrected chi connectivity index (χ2v) is 6.51. The normalized spacial score (nSPS) is 15.4. The van der Waals surface area contributed by atoms with E-state index in [4.69, 9.17) is 4.74 Å². The van der Waals surface area contributed by atoms with Gasteiger partial charge in [0.1, 0.15) is 17.7 Å². The highest BCUT2D eigenvalue weighted by atomic mass is 127. The maximum atomic E-state index is 5.98. The van der Waals surface area contributed by atoms with E-state index in [2.05, 4.69) is 39.7 Å². The average Bonchev–Trinajstić information content (AvgIpc) is 3.07. The van der Waals surface area contributed by atoms with Crippen LogP contribution in [-0.2, 0) is 13.0 Å². The molecule has 0 saturated carbocycles. The molecule has 0 spiro atoms. The van der Waals surface area contributed by atoms with E-state index >= 15 is 0 Å². The van der Waals surface area contributed by atoms with E-state index in [-0.39, 0.29) is 30.1 Å². The molecule has 0 aliphatic carbocycles. The third kappa shape index (κ3) is 5.98. The first kappa shape index (κ1) is 21.3. The van der Waals surface area contributed by atoms with Crippen molar-refractivity contribution >= 4 is 35.8 Å². The molecule has 7 heteroatoms. The van der Waals surface area contributed by atoms with Crippen LogP contribution in [0.2, 0.25) is 0 Å². The zero-order valence-corrected chi connectivity index (χ0v) is 18.4. The van der Waals surface area contributed by atoms with Gasteiger partial charge < -0.3 is 20.3 Å². The maximum Gasteiger partial charge on any atom is 0.191 e. The number of hydrogen-bond acceptors (Lipinski definition) is 4. The molecule has 0 fully saturated rings. The van der Waals surface area contributed by atoms with Crippen molar-refractivity contribution in [2.75, 3.05) is 32.1 Å². The molecule has 1 aromatic heterocycles. The summed E-state index contributed by atoms with van der Waals surface area (Å²) in [6, 6.07) is 14.2. The SMILES string of the molecule is CCNC(=NCc1cccc(N(C)C)n1)NCC1Cc2ccccc2O1.I. The molecule has 6 nitrogen and oxygen atoms in total. The van der Waals surface area contributed by atoms with Crippen LogP contribution in [0.4, 0.5) is 5.82 Å². The first-order valence-corrected chi connectivity index (χ1v) is 9.05. The van der Waals surface area contributed by atoms with Crippen LogP contribution >= 0.6 is 24.0 Å². The predicted molar refractivity (Wildman–Crippen MR) is 121 cm³/mol. The summed E-state index contributed by atoms with van der Waals surface area (Å²) in [6.07, 6.45) is 1.06. The molecule has 3 rings (SSSR count). The molecule has 0 radical (unpaired) electrons. The molecule has 1 atom stereocenters. The van der Waals surface area contributed by atoms with Crippen LogP contribution in [0.15, 0.2) is 47.5 Å². The standard InChI is InChI=1S/C20H27N5O.HI/c1-4-21-20(22-13-16-9-7-11-19(24-16)25(2)3)23-14-17-12-15-8-5-6-10-18(15)26-17;/h5-11,17H,4,12-14H2,1-3H3,(H2,21,22,23);1H. The number of rotatable bonds is 6. The number of aromatic nitrogens is 1. The Morgan fingerprint density at radius 1 is 1.19 bits per heavy atom. The Morgan fingerprint density at radius 2 is 2.00 bits per heavy atom. The van der Waals surface area contributed by atoms with Crippen LogP contribution in [0.25, 0.3) is 0 Å². The largest absolute Gasteiger partial charge is 0.488 e. The Labute approximate surface area is 178 Å². The van der Waals surface area contributed by atoms with Crippen LogP contribution in [0, 0.1) is 0 Å². The lowest BCUT2D eigenvalue weighted by molar-refractivity contribution is 0.235. The van der Waals surface area contributed by atoms with Gasteiger partial charge in [0.05, 0.1) is 18.8 Å². The molecule has 0 bridgehead atoms. The van der Waals surface area contributed by atoms with Gasteiger partial charge in [0.25, 0.3) is 0 Å². The number of aliphatic imine (C=N–C) groups is 1. The van der Waals surface area contributed by atoms with Gasteiger partial charge in [-0.2, -0.15) is 0 Å². The Balaban J connectivity index is 0.00000261. The number of halogens is 1. The summed E-state index contributed by atoms with van der Waals surface area (Å²) in [4.78, 5) is 11.3. The molecule has 0 saturated heterocycles. The quantitative estimate of drug-likeness (QED) is 0.378. The third-order valence-corrected chi connectivity index (χ3v) is 4.20. The molecule has 1 unspecified atom stereocenters. The van der Waals surface area contributed by atoms with Crippen LogP contribution in [-0.4, -0.2) is 44.2 Å². The molecule has 2 heterocycles. The summed E-state index contributed by atoms with van der Waals surface area (Å²) >= 11 is 0. The number of hydrogen-bond donors (Lipinski definition) is 2. The van der Waals surface area contributed by atoms with Crippen LogP contribution in [0.3, 0.4) is 0 Å². The van der Waals surface area contributed by atoms with E-state index in [9.17, 15) is 0 Å². The molecule has 1 aliphatic heterocycles. The topological polar surface area (TPSA) is 61.8 Å². The monoisotopic (exact) mass is 481 g/mol. The number of nitrogens with one attached hydrogen (secondary N) is 2. The molecule has 0 amide bonds. The van der Waals surface area contributed by atoms with Gasteiger partial charge in [0.2, 0.25) is 0 Å². The second kappa shape index (κ2) is 10.3. The third-order valence-electron chi connectivity index (χ3n) is 4.20. The number of anilines is 1. The first-order valence-electron chi connectivity index (χ1n) is 9.05. The van der Waals surface area contributed by atoms with Crippen molar-refractivity contribution in [2.24, 2.45) is 4.99 Å². The molecule has 2 N–H and O–H groups in total. The molecule has 2 aromatic rings. The van der Waals surface area contributed by atoms with Gasteiger partial charge >= 0.3 is 0 Å². The fraction of sp³-hybridized carbons (Fsp3) is 0.400. The summed E-state index contributed by atoms with van der Waals surface area (Å²) in [5, 5.41) is 6.66. The van der Waals surface area contributed by atoms with Gasteiger partial charge in [-0.05, 0) is 30.7 Å². The van der Waals surface area contributed by atoms with Crippen LogP contribution in [0.5, 0.6) is 5.75 Å². The lowest BCUT2D eigenvalue weighted by Gasteiger charge is -2.15. The fourth-order valence-electron chi connectivity index (χ4n) is 2.88. The van der Waals surface area contributed by atoms with Gasteiger partial charge in [-0.15, -0.1) is 24.0 Å². The van der Waals surface area contributed by atoms with E-state index in [0.29, 0.717) is 13.1 Å². The summed E-state index contributed by atoms with van der Waals surface area (Å²) < 4.78 is 5.98. The zero-order valence-electron chi connectivity index (χ0n) is 16.1. The van der Waals surface area contributed by atoms with E-state index in [1.807, 2.05) is 49.3 Å². The summed E-state index contributed by atoms with van der Waals surface area (Å²) in [6.45, 7) is 4.11. The van der Waals surface area contributed by atoms with Gasteiger partial charge in [0.15, 0.2) is 5.96 Å². The lowest BCUT2D eigenvalue weighted by atomic mass is 10.1. The second-order valence-electron chi connectivity index (χ2n) is 6.51. The number of fused-ring (bicyclic) bond motifs is 1. The maximum absolute atomic E-state index is 5.98. The van der Waals surface area contributed by atoms with E-state index in [1.165, 1.54) is 5.56 Å². The highest BCUT2D eigenvalue weighted by molar-refractivity contribution is 14.0. The minimum atomic E-state index is 0. The van der Waals surface area contributed by atoms with Gasteiger partial charge in [-0.3, -0.25) is 0 Å². The van der Waals surface area contributed by atoms with E-state index in [0.717, 1.165) is 36.2 Å². The van der Waals surface area contributed by atoms with Gasteiger partial charge in [-0.1, -0.05) is 24.3 Å². The molecular formula is C20H28IN5O. The number of ether oxygens (including phenoxy) is 1. The van der Waals surface area contributed by atoms with Gasteiger partial charge in [-0.25, -0.2) is 9.98 Å². The van der Waals surface area contributed by atoms with Crippen molar-refractivity contribution in [1.29, 1.82) is 0 Å². The molecule has 1 aromatic carbocycles. The number of nitrogens with zero attached hydrogens (tertiary/aromatic N) is 3. The molecular weight excluding hydrogens is 453 g/mol. The van der Waals surface area contributed by atoms with Crippen molar-refractivity contribution in [3.63, 3.8) is 0 Å². The van der Waals surface area contributed by atoms with Crippen molar-refractivity contribution in [3.05, 3.63) is 53.7 Å². The number of guanidine groups is 1. The number of benzene rings is 1. The Kier molecular flexibility index (Phi) is 8.15. The molecule has 146 valence electrons. The Morgan fingerprint density at radius 3 is 2.74 bits per heavy atom. The van der Waals surface area contributed by atoms with Crippen molar-refractivity contribution in [1.82, 2.24) is 15.6 Å². The fourth-order valence-corrected chi connectivity index (χ4v) is 2.88. The summed E-state index contributed by atoms with van der Waals surface area (Å²) in [5.74, 6) is 2.71. The summed E-state index contributed by atoms with van der Waals surface area (Å²) in [5.41, 5.74) is 2.21. The lowest BCUT2D eigenvalue weighted by Crippen LogP contribution is -2.42. The minimum absolute atomic E-state index is 0.